The highest BCUT2D eigenvalue weighted by atomic mass is 35.5. The first-order valence-electron chi connectivity index (χ1n) is 8.28. The van der Waals surface area contributed by atoms with Gasteiger partial charge < -0.3 is 10.3 Å². The van der Waals surface area contributed by atoms with Crippen molar-refractivity contribution in [2.24, 2.45) is 0 Å². The van der Waals surface area contributed by atoms with Crippen LogP contribution in [-0.4, -0.2) is 35.1 Å². The van der Waals surface area contributed by atoms with Crippen molar-refractivity contribution in [3.05, 3.63) is 52.7 Å². The van der Waals surface area contributed by atoms with E-state index < -0.39 is 11.7 Å². The molecule has 0 bridgehead atoms. The number of nitrogens with zero attached hydrogens (tertiary/aromatic N) is 7. The molecule has 0 aliphatic heterocycles. The van der Waals surface area contributed by atoms with Gasteiger partial charge in [0.1, 0.15) is 5.76 Å². The molecule has 0 radical (unpaired) electrons. The van der Waals surface area contributed by atoms with Gasteiger partial charge >= 0.3 is 6.18 Å². The lowest BCUT2D eigenvalue weighted by molar-refractivity contribution is -0.137. The number of nitrogen functional groups attached to an aromatic ring is 1. The molecule has 156 valence electrons. The Hall–Kier alpha value is -3.06. The molecule has 4 rings (SSSR count). The van der Waals surface area contributed by atoms with Crippen molar-refractivity contribution in [1.82, 2.24) is 35.1 Å². The Kier molecular flexibility index (Phi) is 5.15. The van der Waals surface area contributed by atoms with Crippen LogP contribution in [0.4, 0.5) is 13.2 Å². The lowest BCUT2D eigenvalue weighted by Gasteiger charge is -2.13. The van der Waals surface area contributed by atoms with Gasteiger partial charge in [0.2, 0.25) is 5.16 Å². The molecule has 3 aromatic heterocycles. The number of aryl methyl sites for hydroxylation is 1. The van der Waals surface area contributed by atoms with E-state index in [1.807, 2.05) is 0 Å². The second-order valence-electron chi connectivity index (χ2n) is 6.02. The van der Waals surface area contributed by atoms with Gasteiger partial charge in [0.05, 0.1) is 28.8 Å². The fraction of sp³-hybridized carbons (Fsp3) is 0.188. The number of nitrogens with two attached hydrogens (primary N) is 1. The van der Waals surface area contributed by atoms with Crippen LogP contribution in [0.5, 0.6) is 0 Å². The molecular formula is C16H12ClF3N8OS. The Bertz CT molecular complexity index is 1200. The normalized spacial score (nSPS) is 11.9. The molecule has 0 fully saturated rings. The molecule has 0 atom stereocenters. The van der Waals surface area contributed by atoms with Crippen molar-refractivity contribution in [2.45, 2.75) is 24.0 Å². The van der Waals surface area contributed by atoms with Gasteiger partial charge in [0.15, 0.2) is 11.6 Å². The van der Waals surface area contributed by atoms with Gasteiger partial charge in [0.25, 0.3) is 0 Å². The summed E-state index contributed by atoms with van der Waals surface area (Å²) in [6, 6.07) is 5.07. The minimum atomic E-state index is -4.63. The second kappa shape index (κ2) is 7.65. The van der Waals surface area contributed by atoms with Crippen LogP contribution in [0.15, 0.2) is 40.1 Å². The molecular weight excluding hydrogens is 445 g/mol. The minimum Gasteiger partial charge on any atom is -0.469 e. The van der Waals surface area contributed by atoms with Gasteiger partial charge in [-0.15, -0.1) is 15.3 Å². The molecule has 9 nitrogen and oxygen atoms in total. The van der Waals surface area contributed by atoms with E-state index in [1.54, 1.807) is 13.0 Å². The predicted molar refractivity (Wildman–Crippen MR) is 101 cm³/mol. The SMILES string of the molecule is Cc1occc1-c1nnc(SCc2nnnn2-c2ccc(Cl)cc2C(F)(F)F)n1N. The van der Waals surface area contributed by atoms with Gasteiger partial charge in [-0.3, -0.25) is 0 Å². The maximum atomic E-state index is 13.4. The molecule has 0 unspecified atom stereocenters. The predicted octanol–water partition coefficient (Wildman–Crippen LogP) is 3.50. The highest BCUT2D eigenvalue weighted by Crippen LogP contribution is 2.36. The third kappa shape index (κ3) is 3.73. The molecule has 30 heavy (non-hydrogen) atoms. The first kappa shape index (κ1) is 20.2. The zero-order chi connectivity index (χ0) is 21.5. The van der Waals surface area contributed by atoms with Crippen LogP contribution in [-0.2, 0) is 11.9 Å². The summed E-state index contributed by atoms with van der Waals surface area (Å²) in [6.07, 6.45) is -3.13. The van der Waals surface area contributed by atoms with Crippen molar-refractivity contribution in [3.63, 3.8) is 0 Å². The van der Waals surface area contributed by atoms with E-state index in [0.717, 1.165) is 22.5 Å². The average molecular weight is 457 g/mol. The van der Waals surface area contributed by atoms with E-state index in [-0.39, 0.29) is 22.3 Å². The van der Waals surface area contributed by atoms with Gasteiger partial charge in [-0.05, 0) is 41.6 Å². The van der Waals surface area contributed by atoms with Crippen molar-refractivity contribution >= 4 is 23.4 Å². The van der Waals surface area contributed by atoms with Crippen molar-refractivity contribution in [2.75, 3.05) is 5.84 Å². The Morgan fingerprint density at radius 1 is 1.20 bits per heavy atom. The third-order valence-corrected chi connectivity index (χ3v) is 5.30. The first-order valence-corrected chi connectivity index (χ1v) is 9.64. The number of benzene rings is 1. The molecule has 14 heteroatoms. The number of aromatic nitrogens is 7. The van der Waals surface area contributed by atoms with E-state index >= 15 is 0 Å². The van der Waals surface area contributed by atoms with Crippen LogP contribution in [0.2, 0.25) is 5.02 Å². The van der Waals surface area contributed by atoms with Crippen LogP contribution in [0.3, 0.4) is 0 Å². The number of rotatable bonds is 5. The summed E-state index contributed by atoms with van der Waals surface area (Å²) >= 11 is 6.85. The smallest absolute Gasteiger partial charge is 0.418 e. The topological polar surface area (TPSA) is 113 Å². The van der Waals surface area contributed by atoms with Crippen LogP contribution < -0.4 is 5.84 Å². The minimum absolute atomic E-state index is 0.0478. The van der Waals surface area contributed by atoms with Gasteiger partial charge in [-0.2, -0.15) is 17.9 Å². The van der Waals surface area contributed by atoms with Crippen LogP contribution >= 0.6 is 23.4 Å². The molecule has 0 spiro atoms. The van der Waals surface area contributed by atoms with Gasteiger partial charge in [-0.25, -0.2) is 4.68 Å². The summed E-state index contributed by atoms with van der Waals surface area (Å²) in [4.78, 5) is 0. The Balaban J connectivity index is 1.61. The third-order valence-electron chi connectivity index (χ3n) is 4.12. The largest absolute Gasteiger partial charge is 0.469 e. The fourth-order valence-electron chi connectivity index (χ4n) is 2.71. The first-order chi connectivity index (χ1) is 14.3. The molecule has 3 heterocycles. The number of thioether (sulfide) groups is 1. The highest BCUT2D eigenvalue weighted by molar-refractivity contribution is 7.98. The van der Waals surface area contributed by atoms with Crippen LogP contribution in [0.25, 0.3) is 17.1 Å². The fourth-order valence-corrected chi connectivity index (χ4v) is 3.64. The van der Waals surface area contributed by atoms with Crippen molar-refractivity contribution < 1.29 is 17.6 Å². The van der Waals surface area contributed by atoms with Crippen LogP contribution in [0, 0.1) is 6.92 Å². The molecule has 0 aliphatic carbocycles. The number of alkyl halides is 3. The van der Waals surface area contributed by atoms with Crippen molar-refractivity contribution in [3.8, 4) is 17.1 Å². The molecule has 0 aliphatic rings. The summed E-state index contributed by atoms with van der Waals surface area (Å²) in [7, 11) is 0. The lowest BCUT2D eigenvalue weighted by atomic mass is 10.1. The molecule has 0 saturated carbocycles. The number of hydrogen-bond donors (Lipinski definition) is 1. The number of furan rings is 1. The Morgan fingerprint density at radius 2 is 2.00 bits per heavy atom. The zero-order valence-corrected chi connectivity index (χ0v) is 16.7. The van der Waals surface area contributed by atoms with Crippen LogP contribution in [0.1, 0.15) is 17.1 Å². The van der Waals surface area contributed by atoms with Gasteiger partial charge in [-0.1, -0.05) is 23.4 Å². The summed E-state index contributed by atoms with van der Waals surface area (Å²) in [5.74, 6) is 7.32. The highest BCUT2D eigenvalue weighted by Gasteiger charge is 2.35. The molecule has 0 saturated heterocycles. The van der Waals surface area contributed by atoms with Gasteiger partial charge in [0, 0.05) is 5.02 Å². The Morgan fingerprint density at radius 3 is 2.70 bits per heavy atom. The number of tetrazole rings is 1. The molecule has 1 aromatic carbocycles. The Labute approximate surface area is 176 Å². The summed E-state index contributed by atoms with van der Waals surface area (Å²) in [6.45, 7) is 1.76. The molecule has 4 aromatic rings. The standard InChI is InChI=1S/C16H12ClF3N8OS/c1-8-10(4-5-29-8)14-23-24-15(27(14)21)30-7-13-22-25-26-28(13)12-3-2-9(17)6-11(12)16(18,19)20/h2-6H,7,21H2,1H3. The summed E-state index contributed by atoms with van der Waals surface area (Å²) in [5.41, 5.74) is -0.512. The quantitative estimate of drug-likeness (QED) is 0.358. The summed E-state index contributed by atoms with van der Waals surface area (Å²) in [5, 5.41) is 19.4. The van der Waals surface area contributed by atoms with E-state index in [2.05, 4.69) is 25.7 Å². The maximum absolute atomic E-state index is 13.4. The van der Waals surface area contributed by atoms with E-state index in [4.69, 9.17) is 21.9 Å². The molecule has 0 amide bonds. The van der Waals surface area contributed by atoms with E-state index in [1.165, 1.54) is 23.1 Å². The second-order valence-corrected chi connectivity index (χ2v) is 7.40. The maximum Gasteiger partial charge on any atom is 0.418 e. The average Bonchev–Trinajstić information content (AvgIpc) is 3.40. The van der Waals surface area contributed by atoms with E-state index in [9.17, 15) is 13.2 Å². The monoisotopic (exact) mass is 456 g/mol. The zero-order valence-electron chi connectivity index (χ0n) is 15.1. The molecule has 2 N–H and O–H groups in total. The number of halogens is 4. The summed E-state index contributed by atoms with van der Waals surface area (Å²) < 4.78 is 47.8. The lowest BCUT2D eigenvalue weighted by Crippen LogP contribution is -2.14. The number of hydrogen-bond acceptors (Lipinski definition) is 8. The van der Waals surface area contributed by atoms with Crippen molar-refractivity contribution in [1.29, 1.82) is 0 Å². The van der Waals surface area contributed by atoms with E-state index in [0.29, 0.717) is 22.3 Å².